The van der Waals surface area contributed by atoms with Crippen LogP contribution in [-0.4, -0.2) is 28.7 Å². The van der Waals surface area contributed by atoms with Gasteiger partial charge in [0.2, 0.25) is 0 Å². The molecule has 0 amide bonds. The van der Waals surface area contributed by atoms with Gasteiger partial charge in [-0.1, -0.05) is 0 Å². The van der Waals surface area contributed by atoms with Gasteiger partial charge in [0, 0.05) is 0 Å². The van der Waals surface area contributed by atoms with Gasteiger partial charge in [-0.3, -0.25) is 0 Å². The Bertz CT molecular complexity index is 73.3. The molecule has 0 saturated carbocycles. The quantitative estimate of drug-likeness (QED) is 0.669. The van der Waals surface area contributed by atoms with E-state index in [0.29, 0.717) is 0 Å². The molecule has 58 valence electrons. The van der Waals surface area contributed by atoms with Gasteiger partial charge < -0.3 is 0 Å². The Morgan fingerprint density at radius 3 is 0.900 bits per heavy atom. The Hall–Kier alpha value is 0.566. The van der Waals surface area contributed by atoms with E-state index in [1.807, 2.05) is 0 Å². The van der Waals surface area contributed by atoms with E-state index in [9.17, 15) is 0 Å². The third kappa shape index (κ3) is 23.5. The molecule has 0 aliphatic heterocycles. The first-order chi connectivity index (χ1) is 4.54. The van der Waals surface area contributed by atoms with Crippen LogP contribution < -0.4 is 0 Å². The fourth-order valence-electron chi connectivity index (χ4n) is 0. The average molecular weight is 259 g/mol. The SMILES string of the molecule is C=[CH][Ge]([CH3])[CH3].C=[CH][Ge]([CH3])[CH3]. The predicted octanol–water partition coefficient (Wildman–Crippen LogP) is 2.93. The van der Waals surface area contributed by atoms with Crippen molar-refractivity contribution in [3.8, 4) is 0 Å². The predicted molar refractivity (Wildman–Crippen MR) is 55.4 cm³/mol. The molecule has 0 N–H and O–H groups in total. The van der Waals surface area contributed by atoms with Gasteiger partial charge in [-0.15, -0.1) is 0 Å². The molecule has 0 aliphatic rings. The molecule has 0 fully saturated rings. The Labute approximate surface area is 74.6 Å². The van der Waals surface area contributed by atoms with E-state index in [0.717, 1.165) is 0 Å². The molecule has 0 atom stereocenters. The molecule has 10 heavy (non-hydrogen) atoms. The Balaban J connectivity index is 0. The van der Waals surface area contributed by atoms with E-state index in [-0.39, 0.29) is 0 Å². The summed E-state index contributed by atoms with van der Waals surface area (Å²) >= 11 is -1.19. The van der Waals surface area contributed by atoms with Crippen LogP contribution in [0.3, 0.4) is 0 Å². The molecule has 2 heteroatoms. The van der Waals surface area contributed by atoms with Gasteiger partial charge in [-0.05, 0) is 0 Å². The number of rotatable bonds is 2. The monoisotopic (exact) mass is 262 g/mol. The second-order valence-electron chi connectivity index (χ2n) is 2.56. The minimum absolute atomic E-state index is 0.593. The zero-order valence-corrected chi connectivity index (χ0v) is 11.8. The Kier molecular flexibility index (Phi) is 12.6. The topological polar surface area (TPSA) is 0 Å². The van der Waals surface area contributed by atoms with Crippen molar-refractivity contribution < 1.29 is 0 Å². The van der Waals surface area contributed by atoms with Crippen molar-refractivity contribution in [2.45, 2.75) is 23.0 Å². The summed E-state index contributed by atoms with van der Waals surface area (Å²) in [5.41, 5.74) is 0. The van der Waals surface area contributed by atoms with Crippen molar-refractivity contribution >= 4 is 28.7 Å². The molecule has 2 radical (unpaired) electrons. The van der Waals surface area contributed by atoms with E-state index in [4.69, 9.17) is 0 Å². The number of hydrogen-bond acceptors (Lipinski definition) is 0. The van der Waals surface area contributed by atoms with E-state index < -0.39 is 28.7 Å². The standard InChI is InChI=1S/2C4H9Ge/c2*1-4-5(2)3/h2*4H,1H2,2-3H3. The van der Waals surface area contributed by atoms with Crippen molar-refractivity contribution in [2.24, 2.45) is 0 Å². The van der Waals surface area contributed by atoms with Crippen molar-refractivity contribution in [1.29, 1.82) is 0 Å². The molecule has 0 aliphatic carbocycles. The summed E-state index contributed by atoms with van der Waals surface area (Å²) in [6, 6.07) is 0. The minimum atomic E-state index is -0.593. The maximum absolute atomic E-state index is 3.63. The van der Waals surface area contributed by atoms with Crippen LogP contribution in [0.5, 0.6) is 0 Å². The fraction of sp³-hybridized carbons (Fsp3) is 0.500. The van der Waals surface area contributed by atoms with Gasteiger partial charge in [0.05, 0.1) is 0 Å². The normalized spacial score (nSPS) is 8.60. The first-order valence-corrected chi connectivity index (χ1v) is 14.2. The molecule has 0 spiro atoms. The van der Waals surface area contributed by atoms with Crippen LogP contribution in [0.25, 0.3) is 0 Å². The zero-order chi connectivity index (χ0) is 8.57. The molecule has 0 rings (SSSR count). The van der Waals surface area contributed by atoms with Crippen LogP contribution >= 0.6 is 0 Å². The number of hydrogen-bond donors (Lipinski definition) is 0. The molecule has 0 aromatic rings. The van der Waals surface area contributed by atoms with E-state index in [1.54, 1.807) is 0 Å². The van der Waals surface area contributed by atoms with Gasteiger partial charge in [-0.2, -0.15) is 0 Å². The summed E-state index contributed by atoms with van der Waals surface area (Å²) in [6.45, 7) is 7.27. The van der Waals surface area contributed by atoms with Crippen LogP contribution in [0.4, 0.5) is 0 Å². The summed E-state index contributed by atoms with van der Waals surface area (Å²) in [5, 5.41) is 0. The van der Waals surface area contributed by atoms with Gasteiger partial charge >= 0.3 is 74.7 Å². The van der Waals surface area contributed by atoms with Crippen molar-refractivity contribution in [1.82, 2.24) is 0 Å². The van der Waals surface area contributed by atoms with Crippen LogP contribution in [-0.2, 0) is 0 Å². The first-order valence-electron chi connectivity index (χ1n) is 3.39. The fourth-order valence-corrected chi connectivity index (χ4v) is 0. The molecule has 0 bridgehead atoms. The summed E-state index contributed by atoms with van der Waals surface area (Å²) < 4.78 is 0. The van der Waals surface area contributed by atoms with Crippen molar-refractivity contribution in [3.63, 3.8) is 0 Å². The molecular formula is C8H18Ge2. The molecule has 0 saturated heterocycles. The van der Waals surface area contributed by atoms with E-state index in [2.05, 4.69) is 46.0 Å². The first kappa shape index (κ1) is 13.2. The third-order valence-electron chi connectivity index (χ3n) is 0.816. The van der Waals surface area contributed by atoms with Crippen molar-refractivity contribution in [3.05, 3.63) is 23.0 Å². The van der Waals surface area contributed by atoms with Crippen molar-refractivity contribution in [2.75, 3.05) is 0 Å². The molecular weight excluding hydrogens is 241 g/mol. The second-order valence-corrected chi connectivity index (χ2v) is 13.3. The van der Waals surface area contributed by atoms with E-state index in [1.165, 1.54) is 0 Å². The van der Waals surface area contributed by atoms with Crippen LogP contribution in [0.15, 0.2) is 23.0 Å². The molecule has 0 aromatic carbocycles. The maximum atomic E-state index is 3.63. The average Bonchev–Trinajstić information content (AvgIpc) is 1.89. The summed E-state index contributed by atoms with van der Waals surface area (Å²) in [6.07, 6.45) is 0. The van der Waals surface area contributed by atoms with Crippen LogP contribution in [0.2, 0.25) is 23.0 Å². The molecule has 0 aromatic heterocycles. The summed E-state index contributed by atoms with van der Waals surface area (Å²) in [5.74, 6) is 9.08. The Morgan fingerprint density at radius 2 is 0.900 bits per heavy atom. The van der Waals surface area contributed by atoms with Crippen LogP contribution in [0.1, 0.15) is 0 Å². The van der Waals surface area contributed by atoms with E-state index >= 15 is 0 Å². The molecule has 0 heterocycles. The Morgan fingerprint density at radius 1 is 0.800 bits per heavy atom. The summed E-state index contributed by atoms with van der Waals surface area (Å²) in [4.78, 5) is 4.17. The van der Waals surface area contributed by atoms with Gasteiger partial charge in [0.1, 0.15) is 0 Å². The van der Waals surface area contributed by atoms with Crippen LogP contribution in [0, 0.1) is 0 Å². The van der Waals surface area contributed by atoms with Gasteiger partial charge in [-0.25, -0.2) is 0 Å². The van der Waals surface area contributed by atoms with Gasteiger partial charge in [0.25, 0.3) is 0 Å². The zero-order valence-electron chi connectivity index (χ0n) is 7.57. The summed E-state index contributed by atoms with van der Waals surface area (Å²) in [7, 11) is 0. The second kappa shape index (κ2) is 9.57. The molecule has 0 unspecified atom stereocenters. The molecule has 0 nitrogen and oxygen atoms in total. The van der Waals surface area contributed by atoms with Gasteiger partial charge in [0.15, 0.2) is 0 Å². The third-order valence-corrected chi connectivity index (χ3v) is 4.24.